The van der Waals surface area contributed by atoms with Gasteiger partial charge in [-0.1, -0.05) is 0 Å². The monoisotopic (exact) mass is 246 g/mol. The summed E-state index contributed by atoms with van der Waals surface area (Å²) in [6.07, 6.45) is 0.550. The first kappa shape index (κ1) is 15.8. The van der Waals surface area contributed by atoms with Crippen LogP contribution in [0.4, 0.5) is 0 Å². The van der Waals surface area contributed by atoms with E-state index in [-0.39, 0.29) is 19.2 Å². The lowest BCUT2D eigenvalue weighted by Crippen LogP contribution is -2.41. The van der Waals surface area contributed by atoms with Gasteiger partial charge in [-0.15, -0.1) is 0 Å². The fraction of sp³-hybridized carbons (Fsp3) is 0.800. The van der Waals surface area contributed by atoms with Crippen LogP contribution in [0.25, 0.3) is 0 Å². The summed E-state index contributed by atoms with van der Waals surface area (Å²) in [4.78, 5) is 23.2. The predicted octanol–water partition coefficient (Wildman–Crippen LogP) is -1.99. The Bertz CT molecular complexity index is 232. The molecule has 0 radical (unpaired) electrons. The van der Waals surface area contributed by atoms with E-state index in [4.69, 9.17) is 21.9 Å². The van der Waals surface area contributed by atoms with Gasteiger partial charge in [-0.3, -0.25) is 14.5 Å². The van der Waals surface area contributed by atoms with Crippen molar-refractivity contribution in [2.75, 3.05) is 32.8 Å². The van der Waals surface area contributed by atoms with Crippen LogP contribution < -0.4 is 17.2 Å². The van der Waals surface area contributed by atoms with Crippen molar-refractivity contribution in [2.45, 2.75) is 19.4 Å². The Morgan fingerprint density at radius 1 is 1.24 bits per heavy atom. The van der Waals surface area contributed by atoms with E-state index in [0.29, 0.717) is 26.1 Å². The second-order valence-corrected chi connectivity index (χ2v) is 3.75. The molecule has 0 bridgehead atoms. The Hall–Kier alpha value is -1.18. The molecular weight excluding hydrogens is 224 g/mol. The van der Waals surface area contributed by atoms with Crippen LogP contribution >= 0.6 is 0 Å². The number of carbonyl (C=O) groups is 2. The van der Waals surface area contributed by atoms with Gasteiger partial charge < -0.3 is 21.9 Å². The van der Waals surface area contributed by atoms with Crippen molar-refractivity contribution < 1.29 is 14.3 Å². The third-order valence-electron chi connectivity index (χ3n) is 2.19. The number of rotatable bonds is 10. The van der Waals surface area contributed by atoms with Gasteiger partial charge >= 0.3 is 0 Å². The molecule has 1 unspecified atom stereocenters. The normalized spacial score (nSPS) is 12.6. The first-order valence-corrected chi connectivity index (χ1v) is 5.60. The Balaban J connectivity index is 4.12. The van der Waals surface area contributed by atoms with Crippen LogP contribution in [-0.4, -0.2) is 55.6 Å². The molecule has 0 aromatic carbocycles. The molecule has 7 nitrogen and oxygen atoms in total. The summed E-state index contributed by atoms with van der Waals surface area (Å²) in [6.45, 7) is 3.36. The number of nitrogens with two attached hydrogens (primary N) is 3. The molecule has 7 heteroatoms. The summed E-state index contributed by atoms with van der Waals surface area (Å²) in [5, 5.41) is 0. The van der Waals surface area contributed by atoms with E-state index < -0.39 is 11.8 Å². The van der Waals surface area contributed by atoms with E-state index in [1.54, 1.807) is 4.90 Å². The highest BCUT2D eigenvalue weighted by Crippen LogP contribution is 2.00. The van der Waals surface area contributed by atoms with Crippen molar-refractivity contribution in [2.24, 2.45) is 17.2 Å². The fourth-order valence-corrected chi connectivity index (χ4v) is 1.49. The van der Waals surface area contributed by atoms with Gasteiger partial charge in [-0.25, -0.2) is 0 Å². The molecule has 1 atom stereocenters. The topological polar surface area (TPSA) is 125 Å². The maximum absolute atomic E-state index is 10.8. The maximum atomic E-state index is 10.8. The minimum Gasteiger partial charge on any atom is -0.377 e. The van der Waals surface area contributed by atoms with Crippen LogP contribution in [0, 0.1) is 0 Å². The van der Waals surface area contributed by atoms with Crippen LogP contribution in [0.1, 0.15) is 13.3 Å². The van der Waals surface area contributed by atoms with Crippen molar-refractivity contribution in [3.05, 3.63) is 0 Å². The molecule has 0 aromatic rings. The zero-order valence-corrected chi connectivity index (χ0v) is 10.2. The first-order chi connectivity index (χ1) is 7.99. The van der Waals surface area contributed by atoms with E-state index in [9.17, 15) is 9.59 Å². The molecule has 0 aliphatic rings. The van der Waals surface area contributed by atoms with Gasteiger partial charge in [-0.2, -0.15) is 0 Å². The highest BCUT2D eigenvalue weighted by Gasteiger charge is 2.14. The Labute approximate surface area is 101 Å². The fourth-order valence-electron chi connectivity index (χ4n) is 1.49. The van der Waals surface area contributed by atoms with Gasteiger partial charge in [0, 0.05) is 19.7 Å². The molecule has 0 aliphatic carbocycles. The van der Waals surface area contributed by atoms with E-state index in [2.05, 4.69) is 0 Å². The molecule has 0 spiro atoms. The number of hydrogen-bond acceptors (Lipinski definition) is 5. The second kappa shape index (κ2) is 8.91. The van der Waals surface area contributed by atoms with Crippen LogP contribution in [0.5, 0.6) is 0 Å². The average molecular weight is 246 g/mol. The molecular formula is C10H22N4O3. The standard InChI is InChI=1S/C10H22N4O3/c1-2-17-8(5-11)3-4-14(6-9(12)15)7-10(13)16/h8H,2-7,11H2,1H3,(H2,12,15)(H2,13,16). The number of nitrogens with zero attached hydrogens (tertiary/aromatic N) is 1. The van der Waals surface area contributed by atoms with Crippen molar-refractivity contribution in [1.29, 1.82) is 0 Å². The van der Waals surface area contributed by atoms with Gasteiger partial charge in [-0.05, 0) is 13.3 Å². The average Bonchev–Trinajstić information content (AvgIpc) is 2.22. The quantitative estimate of drug-likeness (QED) is 0.411. The summed E-state index contributed by atoms with van der Waals surface area (Å²) in [7, 11) is 0. The smallest absolute Gasteiger partial charge is 0.231 e. The molecule has 0 aromatic heterocycles. The lowest BCUT2D eigenvalue weighted by Gasteiger charge is -2.22. The number of amides is 2. The Kier molecular flexibility index (Phi) is 8.29. The number of primary amides is 2. The number of hydrogen-bond donors (Lipinski definition) is 3. The minimum absolute atomic E-state index is 0.00631. The van der Waals surface area contributed by atoms with Crippen LogP contribution in [-0.2, 0) is 14.3 Å². The van der Waals surface area contributed by atoms with Crippen molar-refractivity contribution in [1.82, 2.24) is 4.90 Å². The minimum atomic E-state index is -0.494. The summed E-state index contributed by atoms with van der Waals surface area (Å²) >= 11 is 0. The van der Waals surface area contributed by atoms with E-state index >= 15 is 0 Å². The van der Waals surface area contributed by atoms with E-state index in [1.165, 1.54) is 0 Å². The molecule has 17 heavy (non-hydrogen) atoms. The van der Waals surface area contributed by atoms with Gasteiger partial charge in [0.25, 0.3) is 0 Å². The second-order valence-electron chi connectivity index (χ2n) is 3.75. The number of ether oxygens (including phenoxy) is 1. The molecule has 0 rings (SSSR count). The maximum Gasteiger partial charge on any atom is 0.231 e. The molecule has 0 saturated carbocycles. The van der Waals surface area contributed by atoms with Gasteiger partial charge in [0.05, 0.1) is 19.2 Å². The molecule has 2 amide bonds. The molecule has 6 N–H and O–H groups in total. The third kappa shape index (κ3) is 8.61. The van der Waals surface area contributed by atoms with Crippen LogP contribution in [0.3, 0.4) is 0 Å². The van der Waals surface area contributed by atoms with Gasteiger partial charge in [0.15, 0.2) is 0 Å². The lowest BCUT2D eigenvalue weighted by molar-refractivity contribution is -0.122. The van der Waals surface area contributed by atoms with E-state index in [1.807, 2.05) is 6.92 Å². The zero-order valence-electron chi connectivity index (χ0n) is 10.2. The Morgan fingerprint density at radius 3 is 2.12 bits per heavy atom. The van der Waals surface area contributed by atoms with E-state index in [0.717, 1.165) is 0 Å². The molecule has 0 heterocycles. The first-order valence-electron chi connectivity index (χ1n) is 5.60. The number of carbonyl (C=O) groups excluding carboxylic acids is 2. The highest BCUT2D eigenvalue weighted by molar-refractivity contribution is 5.79. The molecule has 100 valence electrons. The van der Waals surface area contributed by atoms with Gasteiger partial charge in [0.1, 0.15) is 0 Å². The molecule has 0 fully saturated rings. The third-order valence-corrected chi connectivity index (χ3v) is 2.19. The summed E-state index contributed by atoms with van der Waals surface area (Å²) in [6, 6.07) is 0. The van der Waals surface area contributed by atoms with Crippen molar-refractivity contribution in [3.63, 3.8) is 0 Å². The SMILES string of the molecule is CCOC(CN)CCN(CC(N)=O)CC(N)=O. The summed E-state index contributed by atoms with van der Waals surface area (Å²) in [5.74, 6) is -0.987. The van der Waals surface area contributed by atoms with Crippen molar-refractivity contribution in [3.8, 4) is 0 Å². The lowest BCUT2D eigenvalue weighted by atomic mass is 10.2. The Morgan fingerprint density at radius 2 is 1.76 bits per heavy atom. The zero-order chi connectivity index (χ0) is 13.3. The summed E-state index contributed by atoms with van der Waals surface area (Å²) in [5.41, 5.74) is 15.7. The highest BCUT2D eigenvalue weighted by atomic mass is 16.5. The predicted molar refractivity (Wildman–Crippen MR) is 63.9 cm³/mol. The summed E-state index contributed by atoms with van der Waals surface area (Å²) < 4.78 is 5.37. The molecule has 0 aliphatic heterocycles. The van der Waals surface area contributed by atoms with Crippen LogP contribution in [0.15, 0.2) is 0 Å². The largest absolute Gasteiger partial charge is 0.377 e. The molecule has 0 saturated heterocycles. The van der Waals surface area contributed by atoms with Gasteiger partial charge in [0.2, 0.25) is 11.8 Å². The van der Waals surface area contributed by atoms with Crippen molar-refractivity contribution >= 4 is 11.8 Å². The van der Waals surface area contributed by atoms with Crippen LogP contribution in [0.2, 0.25) is 0 Å².